The number of rotatable bonds is 4. The third-order valence-electron chi connectivity index (χ3n) is 5.29. The molecular formula is C23H21FN2O3S. The second-order valence-corrected chi connectivity index (χ2v) is 8.35. The number of carbonyl (C=O) groups excluding carboxylic acids is 2. The number of amides is 1. The summed E-state index contributed by atoms with van der Waals surface area (Å²) < 4.78 is 18.1. The van der Waals surface area contributed by atoms with Gasteiger partial charge in [-0.05, 0) is 35.7 Å². The third kappa shape index (κ3) is 3.98. The molecule has 5 nitrogen and oxygen atoms in total. The first-order valence-corrected chi connectivity index (χ1v) is 10.4. The second kappa shape index (κ2) is 8.36. The number of hydrogen-bond donors (Lipinski definition) is 0. The van der Waals surface area contributed by atoms with Crippen molar-refractivity contribution >= 4 is 23.2 Å². The van der Waals surface area contributed by atoms with Gasteiger partial charge in [0.25, 0.3) is 5.91 Å². The Balaban J connectivity index is 1.61. The molecule has 2 aromatic carbocycles. The summed E-state index contributed by atoms with van der Waals surface area (Å²) in [6.45, 7) is 2.14. The Kier molecular flexibility index (Phi) is 5.63. The molecule has 1 aliphatic rings. The predicted octanol–water partition coefficient (Wildman–Crippen LogP) is 3.92. The van der Waals surface area contributed by atoms with Crippen LogP contribution in [0.4, 0.5) is 4.39 Å². The molecule has 30 heavy (non-hydrogen) atoms. The quantitative estimate of drug-likeness (QED) is 0.596. The SMILES string of the molecule is COC(=O)C1Cc2ccccc2CN1C(=O)c1sc(Cc2ccc(F)cc2)nc1C. The molecule has 1 amide bonds. The number of aromatic nitrogens is 1. The van der Waals surface area contributed by atoms with E-state index in [0.29, 0.717) is 30.0 Å². The number of thiazole rings is 1. The van der Waals surface area contributed by atoms with Crippen LogP contribution >= 0.6 is 11.3 Å². The molecule has 7 heteroatoms. The van der Waals surface area contributed by atoms with Crippen LogP contribution in [0.15, 0.2) is 48.5 Å². The van der Waals surface area contributed by atoms with Crippen LogP contribution in [0.25, 0.3) is 0 Å². The van der Waals surface area contributed by atoms with Crippen LogP contribution in [-0.2, 0) is 28.9 Å². The summed E-state index contributed by atoms with van der Waals surface area (Å²) in [7, 11) is 1.34. The predicted molar refractivity (Wildman–Crippen MR) is 112 cm³/mol. The number of aryl methyl sites for hydroxylation is 1. The monoisotopic (exact) mass is 424 g/mol. The molecule has 1 aliphatic heterocycles. The molecular weight excluding hydrogens is 403 g/mol. The fourth-order valence-electron chi connectivity index (χ4n) is 3.72. The van der Waals surface area contributed by atoms with Crippen molar-refractivity contribution in [1.82, 2.24) is 9.88 Å². The first-order chi connectivity index (χ1) is 14.5. The van der Waals surface area contributed by atoms with Gasteiger partial charge in [0.05, 0.1) is 17.8 Å². The first kappa shape index (κ1) is 20.2. The average Bonchev–Trinajstić information content (AvgIpc) is 3.13. The first-order valence-electron chi connectivity index (χ1n) is 9.62. The largest absolute Gasteiger partial charge is 0.467 e. The van der Waals surface area contributed by atoms with Gasteiger partial charge in [-0.15, -0.1) is 11.3 Å². The Hall–Kier alpha value is -3.06. The van der Waals surface area contributed by atoms with E-state index in [4.69, 9.17) is 4.74 Å². The van der Waals surface area contributed by atoms with Gasteiger partial charge in [-0.2, -0.15) is 0 Å². The number of esters is 1. The molecule has 1 atom stereocenters. The Morgan fingerprint density at radius 3 is 2.57 bits per heavy atom. The molecule has 0 aliphatic carbocycles. The molecule has 3 aromatic rings. The normalized spacial score (nSPS) is 15.6. The lowest BCUT2D eigenvalue weighted by Crippen LogP contribution is -2.49. The zero-order valence-corrected chi connectivity index (χ0v) is 17.5. The highest BCUT2D eigenvalue weighted by Crippen LogP contribution is 2.29. The number of ether oxygens (including phenoxy) is 1. The van der Waals surface area contributed by atoms with Gasteiger partial charge < -0.3 is 9.64 Å². The molecule has 0 saturated heterocycles. The highest BCUT2D eigenvalue weighted by molar-refractivity contribution is 7.13. The Morgan fingerprint density at radius 2 is 1.87 bits per heavy atom. The van der Waals surface area contributed by atoms with Gasteiger partial charge in [-0.1, -0.05) is 36.4 Å². The van der Waals surface area contributed by atoms with Gasteiger partial charge >= 0.3 is 5.97 Å². The number of nitrogens with zero attached hydrogens (tertiary/aromatic N) is 2. The zero-order valence-electron chi connectivity index (χ0n) is 16.7. The van der Waals surface area contributed by atoms with Gasteiger partial charge in [-0.3, -0.25) is 4.79 Å². The molecule has 1 unspecified atom stereocenters. The van der Waals surface area contributed by atoms with Crippen molar-refractivity contribution in [3.05, 3.63) is 86.6 Å². The summed E-state index contributed by atoms with van der Waals surface area (Å²) in [5.74, 6) is -0.934. The van der Waals surface area contributed by atoms with E-state index in [9.17, 15) is 14.0 Å². The lowest BCUT2D eigenvalue weighted by molar-refractivity contribution is -0.146. The average molecular weight is 424 g/mol. The van der Waals surface area contributed by atoms with Crippen LogP contribution in [0.5, 0.6) is 0 Å². The summed E-state index contributed by atoms with van der Waals surface area (Å²) in [5.41, 5.74) is 3.63. The Bertz CT molecular complexity index is 1090. The molecule has 0 spiro atoms. The second-order valence-electron chi connectivity index (χ2n) is 7.27. The van der Waals surface area contributed by atoms with Crippen molar-refractivity contribution in [3.63, 3.8) is 0 Å². The van der Waals surface area contributed by atoms with Crippen molar-refractivity contribution in [2.75, 3.05) is 7.11 Å². The fraction of sp³-hybridized carbons (Fsp3) is 0.261. The van der Waals surface area contributed by atoms with Crippen molar-refractivity contribution < 1.29 is 18.7 Å². The van der Waals surface area contributed by atoms with Crippen LogP contribution < -0.4 is 0 Å². The number of benzene rings is 2. The molecule has 0 fully saturated rings. The minimum atomic E-state index is -0.667. The van der Waals surface area contributed by atoms with E-state index in [1.165, 1.54) is 30.6 Å². The van der Waals surface area contributed by atoms with E-state index in [0.717, 1.165) is 21.7 Å². The minimum Gasteiger partial charge on any atom is -0.467 e. The summed E-state index contributed by atoms with van der Waals surface area (Å²) in [6.07, 6.45) is 0.942. The van der Waals surface area contributed by atoms with Crippen LogP contribution in [-0.4, -0.2) is 34.9 Å². The van der Waals surface area contributed by atoms with E-state index >= 15 is 0 Å². The van der Waals surface area contributed by atoms with Gasteiger partial charge in [0, 0.05) is 19.4 Å². The van der Waals surface area contributed by atoms with Crippen molar-refractivity contribution in [3.8, 4) is 0 Å². The van der Waals surface area contributed by atoms with E-state index in [1.807, 2.05) is 24.3 Å². The lowest BCUT2D eigenvalue weighted by atomic mass is 9.93. The third-order valence-corrected chi connectivity index (χ3v) is 6.43. The maximum Gasteiger partial charge on any atom is 0.328 e. The number of fused-ring (bicyclic) bond motifs is 1. The molecule has 2 heterocycles. The molecule has 0 bridgehead atoms. The number of carbonyl (C=O) groups is 2. The molecule has 1 aromatic heterocycles. The van der Waals surface area contributed by atoms with E-state index in [1.54, 1.807) is 24.0 Å². The maximum atomic E-state index is 13.4. The topological polar surface area (TPSA) is 59.5 Å². The van der Waals surface area contributed by atoms with Gasteiger partial charge in [0.15, 0.2) is 0 Å². The number of halogens is 1. The van der Waals surface area contributed by atoms with Crippen LogP contribution in [0.2, 0.25) is 0 Å². The fourth-order valence-corrected chi connectivity index (χ4v) is 4.77. The summed E-state index contributed by atoms with van der Waals surface area (Å²) in [6, 6.07) is 13.4. The van der Waals surface area contributed by atoms with Crippen LogP contribution in [0.3, 0.4) is 0 Å². The molecule has 0 N–H and O–H groups in total. The van der Waals surface area contributed by atoms with E-state index < -0.39 is 12.0 Å². The van der Waals surface area contributed by atoms with E-state index in [-0.39, 0.29) is 11.7 Å². The minimum absolute atomic E-state index is 0.222. The molecule has 0 saturated carbocycles. The standard InChI is InChI=1S/C23H21FN2O3S/c1-14-21(30-20(25-14)11-15-7-9-18(24)10-8-15)22(27)26-13-17-6-4-3-5-16(17)12-19(26)23(28)29-2/h3-10,19H,11-13H2,1-2H3. The molecule has 0 radical (unpaired) electrons. The number of hydrogen-bond acceptors (Lipinski definition) is 5. The molecule has 4 rings (SSSR count). The summed E-state index contributed by atoms with van der Waals surface area (Å²) >= 11 is 1.31. The van der Waals surface area contributed by atoms with E-state index in [2.05, 4.69) is 4.98 Å². The van der Waals surface area contributed by atoms with Crippen molar-refractivity contribution in [1.29, 1.82) is 0 Å². The van der Waals surface area contributed by atoms with Gasteiger partial charge in [0.2, 0.25) is 0 Å². The zero-order chi connectivity index (χ0) is 21.3. The summed E-state index contributed by atoms with van der Waals surface area (Å²) in [4.78, 5) is 32.5. The number of methoxy groups -OCH3 is 1. The van der Waals surface area contributed by atoms with Gasteiger partial charge in [-0.25, -0.2) is 14.2 Å². The Labute approximate surface area is 178 Å². The highest BCUT2D eigenvalue weighted by Gasteiger charge is 2.37. The van der Waals surface area contributed by atoms with Crippen molar-refractivity contribution in [2.45, 2.75) is 32.4 Å². The van der Waals surface area contributed by atoms with Crippen molar-refractivity contribution in [2.24, 2.45) is 0 Å². The maximum absolute atomic E-state index is 13.4. The Morgan fingerprint density at radius 1 is 1.17 bits per heavy atom. The lowest BCUT2D eigenvalue weighted by Gasteiger charge is -2.35. The molecule has 154 valence electrons. The van der Waals surface area contributed by atoms with Crippen LogP contribution in [0.1, 0.15) is 37.1 Å². The smallest absolute Gasteiger partial charge is 0.328 e. The van der Waals surface area contributed by atoms with Crippen LogP contribution in [0, 0.1) is 12.7 Å². The van der Waals surface area contributed by atoms with Gasteiger partial charge in [0.1, 0.15) is 16.7 Å². The highest BCUT2D eigenvalue weighted by atomic mass is 32.1. The summed E-state index contributed by atoms with van der Waals surface area (Å²) in [5, 5.41) is 0.773.